The molecule has 0 saturated carbocycles. The van der Waals surface area contributed by atoms with Gasteiger partial charge in [0.25, 0.3) is 0 Å². The first-order valence-corrected chi connectivity index (χ1v) is 5.72. The number of halogens is 3. The number of aryl methyl sites for hydroxylation is 1. The Hall–Kier alpha value is -1.15. The fraction of sp³-hybridized carbons (Fsp3) is 0.800. The summed E-state index contributed by atoms with van der Waals surface area (Å²) in [5.74, 6) is 0. The number of nitrogens with two attached hydrogens (primary N) is 1. The van der Waals surface area contributed by atoms with Gasteiger partial charge < -0.3 is 10.5 Å². The van der Waals surface area contributed by atoms with Crippen molar-refractivity contribution in [1.29, 1.82) is 0 Å². The third-order valence-corrected chi connectivity index (χ3v) is 2.30. The van der Waals surface area contributed by atoms with Crippen molar-refractivity contribution in [3.05, 3.63) is 11.9 Å². The highest BCUT2D eigenvalue weighted by Gasteiger charge is 2.27. The highest BCUT2D eigenvalue weighted by Crippen LogP contribution is 2.16. The number of aromatic nitrogens is 3. The van der Waals surface area contributed by atoms with Gasteiger partial charge in [-0.1, -0.05) is 12.1 Å². The van der Waals surface area contributed by atoms with Gasteiger partial charge in [0, 0.05) is 13.2 Å². The molecule has 18 heavy (non-hydrogen) atoms. The van der Waals surface area contributed by atoms with E-state index >= 15 is 0 Å². The van der Waals surface area contributed by atoms with Gasteiger partial charge in [-0.2, -0.15) is 13.2 Å². The molecule has 1 rings (SSSR count). The molecule has 5 nitrogen and oxygen atoms in total. The van der Waals surface area contributed by atoms with Crippen LogP contribution in [-0.4, -0.2) is 34.4 Å². The van der Waals surface area contributed by atoms with Crippen molar-refractivity contribution >= 4 is 0 Å². The second-order valence-electron chi connectivity index (χ2n) is 3.94. The van der Waals surface area contributed by atoms with E-state index in [9.17, 15) is 13.2 Å². The Morgan fingerprint density at radius 2 is 2.22 bits per heavy atom. The van der Waals surface area contributed by atoms with E-state index in [4.69, 9.17) is 5.73 Å². The molecule has 0 radical (unpaired) electrons. The molecule has 0 aliphatic rings. The lowest BCUT2D eigenvalue weighted by molar-refractivity contribution is -0.174. The third-order valence-electron chi connectivity index (χ3n) is 2.30. The first-order valence-electron chi connectivity index (χ1n) is 5.72. The molecule has 0 bridgehead atoms. The normalized spacial score (nSPS) is 13.8. The van der Waals surface area contributed by atoms with E-state index < -0.39 is 18.8 Å². The molecule has 8 heteroatoms. The zero-order chi connectivity index (χ0) is 13.6. The summed E-state index contributed by atoms with van der Waals surface area (Å²) in [4.78, 5) is 0. The Kier molecular flexibility index (Phi) is 5.54. The fourth-order valence-electron chi connectivity index (χ4n) is 1.48. The number of rotatable bonds is 7. The first kappa shape index (κ1) is 14.9. The Morgan fingerprint density at radius 3 is 2.83 bits per heavy atom. The highest BCUT2D eigenvalue weighted by molar-refractivity contribution is 5.00. The minimum Gasteiger partial charge on any atom is -0.372 e. The van der Waals surface area contributed by atoms with E-state index in [1.165, 1.54) is 6.20 Å². The number of nitrogens with zero attached hydrogens (tertiary/aromatic N) is 3. The monoisotopic (exact) mass is 266 g/mol. The van der Waals surface area contributed by atoms with Gasteiger partial charge in [-0.15, -0.1) is 5.10 Å². The quantitative estimate of drug-likeness (QED) is 0.762. The van der Waals surface area contributed by atoms with Crippen molar-refractivity contribution in [2.24, 2.45) is 5.73 Å². The van der Waals surface area contributed by atoms with E-state index in [0.717, 1.165) is 6.42 Å². The van der Waals surface area contributed by atoms with Gasteiger partial charge in [-0.05, 0) is 12.8 Å². The van der Waals surface area contributed by atoms with Crippen LogP contribution in [0, 0.1) is 0 Å². The van der Waals surface area contributed by atoms with Crippen LogP contribution in [0.2, 0.25) is 0 Å². The third kappa shape index (κ3) is 5.01. The van der Waals surface area contributed by atoms with Crippen LogP contribution in [0.25, 0.3) is 0 Å². The van der Waals surface area contributed by atoms with Crippen LogP contribution in [0.15, 0.2) is 6.20 Å². The smallest absolute Gasteiger partial charge is 0.372 e. The van der Waals surface area contributed by atoms with Crippen LogP contribution in [0.1, 0.15) is 31.5 Å². The van der Waals surface area contributed by atoms with E-state index in [-0.39, 0.29) is 6.61 Å². The topological polar surface area (TPSA) is 66.0 Å². The standard InChI is InChI=1S/C10H17F3N4O/c1-2-4-17-9(6-15-16-17)8(14)3-5-18-7-10(11,12)13/h6,8H,2-5,7,14H2,1H3. The SMILES string of the molecule is CCCn1nncc1C(N)CCOCC(F)(F)F. The van der Waals surface area contributed by atoms with Gasteiger partial charge >= 0.3 is 6.18 Å². The average molecular weight is 266 g/mol. The second kappa shape index (κ2) is 6.69. The molecule has 1 aromatic heterocycles. The largest absolute Gasteiger partial charge is 0.411 e. The zero-order valence-corrected chi connectivity index (χ0v) is 10.2. The van der Waals surface area contributed by atoms with Crippen LogP contribution >= 0.6 is 0 Å². The molecule has 1 aromatic rings. The van der Waals surface area contributed by atoms with E-state index in [1.807, 2.05) is 6.92 Å². The molecule has 104 valence electrons. The summed E-state index contributed by atoms with van der Waals surface area (Å²) in [7, 11) is 0. The predicted octanol–water partition coefficient (Wildman–Crippen LogP) is 1.66. The van der Waals surface area contributed by atoms with E-state index in [1.54, 1.807) is 4.68 Å². The van der Waals surface area contributed by atoms with Crippen LogP contribution in [0.5, 0.6) is 0 Å². The van der Waals surface area contributed by atoms with Crippen LogP contribution in [0.4, 0.5) is 13.2 Å². The summed E-state index contributed by atoms with van der Waals surface area (Å²) in [6.07, 6.45) is -1.58. The van der Waals surface area contributed by atoms with Crippen LogP contribution < -0.4 is 5.73 Å². The summed E-state index contributed by atoms with van der Waals surface area (Å²) >= 11 is 0. The summed E-state index contributed by atoms with van der Waals surface area (Å²) in [6, 6.07) is -0.417. The molecule has 0 aliphatic heterocycles. The first-order chi connectivity index (χ1) is 8.44. The molecule has 0 aromatic carbocycles. The molecule has 2 N–H and O–H groups in total. The molecule has 1 unspecified atom stereocenters. The molecule has 0 amide bonds. The number of hydrogen-bond acceptors (Lipinski definition) is 4. The van der Waals surface area contributed by atoms with Crippen molar-refractivity contribution in [3.8, 4) is 0 Å². The average Bonchev–Trinajstić information content (AvgIpc) is 2.71. The Morgan fingerprint density at radius 1 is 1.50 bits per heavy atom. The minimum atomic E-state index is -4.30. The van der Waals surface area contributed by atoms with Gasteiger partial charge in [0.05, 0.1) is 17.9 Å². The van der Waals surface area contributed by atoms with Gasteiger partial charge in [0.1, 0.15) is 6.61 Å². The summed E-state index contributed by atoms with van der Waals surface area (Å²) in [5, 5.41) is 7.60. The van der Waals surface area contributed by atoms with Crippen molar-refractivity contribution in [2.45, 2.75) is 38.5 Å². The minimum absolute atomic E-state index is 0.0437. The van der Waals surface area contributed by atoms with E-state index in [2.05, 4.69) is 15.0 Å². The van der Waals surface area contributed by atoms with Crippen molar-refractivity contribution in [2.75, 3.05) is 13.2 Å². The second-order valence-corrected chi connectivity index (χ2v) is 3.94. The number of hydrogen-bond donors (Lipinski definition) is 1. The number of ether oxygens (including phenoxy) is 1. The Balaban J connectivity index is 2.36. The van der Waals surface area contributed by atoms with Gasteiger partial charge in [-0.25, -0.2) is 4.68 Å². The maximum atomic E-state index is 11.8. The molecular weight excluding hydrogens is 249 g/mol. The van der Waals surface area contributed by atoms with Crippen LogP contribution in [0.3, 0.4) is 0 Å². The van der Waals surface area contributed by atoms with Gasteiger partial charge in [0.2, 0.25) is 0 Å². The molecule has 0 saturated heterocycles. The Labute approximate surface area is 103 Å². The van der Waals surface area contributed by atoms with Crippen molar-refractivity contribution in [1.82, 2.24) is 15.0 Å². The van der Waals surface area contributed by atoms with Gasteiger partial charge in [0.15, 0.2) is 0 Å². The predicted molar refractivity (Wildman–Crippen MR) is 58.7 cm³/mol. The molecule has 0 spiro atoms. The lowest BCUT2D eigenvalue weighted by Gasteiger charge is -2.13. The van der Waals surface area contributed by atoms with Crippen LogP contribution in [-0.2, 0) is 11.3 Å². The zero-order valence-electron chi connectivity index (χ0n) is 10.2. The maximum absolute atomic E-state index is 11.8. The molecule has 0 aliphatic carbocycles. The molecule has 1 atom stereocenters. The maximum Gasteiger partial charge on any atom is 0.411 e. The van der Waals surface area contributed by atoms with E-state index in [0.29, 0.717) is 18.7 Å². The summed E-state index contributed by atoms with van der Waals surface area (Å²) < 4.78 is 41.7. The summed E-state index contributed by atoms with van der Waals surface area (Å²) in [6.45, 7) is 1.39. The van der Waals surface area contributed by atoms with Crippen molar-refractivity contribution in [3.63, 3.8) is 0 Å². The van der Waals surface area contributed by atoms with Crippen molar-refractivity contribution < 1.29 is 17.9 Å². The molecule has 1 heterocycles. The molecule has 0 fully saturated rings. The summed E-state index contributed by atoms with van der Waals surface area (Å²) in [5.41, 5.74) is 6.57. The lowest BCUT2D eigenvalue weighted by atomic mass is 10.2. The highest BCUT2D eigenvalue weighted by atomic mass is 19.4. The number of alkyl halides is 3. The molecular formula is C10H17F3N4O. The fourth-order valence-corrected chi connectivity index (χ4v) is 1.48. The van der Waals surface area contributed by atoms with Gasteiger partial charge in [-0.3, -0.25) is 0 Å². The lowest BCUT2D eigenvalue weighted by Crippen LogP contribution is -2.21. The Bertz CT molecular complexity index is 353.